The first kappa shape index (κ1) is 26.6. The number of esters is 1. The average Bonchev–Trinajstić information content (AvgIpc) is 2.77. The number of unbranched alkanes of at least 4 members (excludes halogenated alkanes) is 1. The molecule has 1 aromatic rings. The molecule has 7 nitrogen and oxygen atoms in total. The van der Waals surface area contributed by atoms with Crippen LogP contribution in [0.3, 0.4) is 0 Å². The van der Waals surface area contributed by atoms with Crippen LogP contribution in [0.4, 0.5) is 5.69 Å². The van der Waals surface area contributed by atoms with Gasteiger partial charge in [0.1, 0.15) is 0 Å². The number of non-ortho nitro benzene ring substituents is 1. The van der Waals surface area contributed by atoms with Crippen LogP contribution >= 0.6 is 0 Å². The highest BCUT2D eigenvalue weighted by Gasteiger charge is 2.39. The van der Waals surface area contributed by atoms with Gasteiger partial charge >= 0.3 is 5.97 Å². The smallest absolute Gasteiger partial charge is 0.339 e. The highest BCUT2D eigenvalue weighted by atomic mass is 16.7. The van der Waals surface area contributed by atoms with E-state index in [2.05, 4.69) is 38.7 Å². The SMILES string of the molecule is CCCCC(C#CCC1(CC=C(C)C)COC(C)(C)OC1)OC(=O)c1ccc([N+](=O)[O-])cc1. The molecule has 0 spiro atoms. The summed E-state index contributed by atoms with van der Waals surface area (Å²) in [5.74, 6) is 5.22. The summed E-state index contributed by atoms with van der Waals surface area (Å²) in [4.78, 5) is 22.9. The van der Waals surface area contributed by atoms with Crippen molar-refractivity contribution < 1.29 is 23.9 Å². The lowest BCUT2D eigenvalue weighted by molar-refractivity contribution is -0.384. The number of allylic oxidation sites excluding steroid dienone is 2. The van der Waals surface area contributed by atoms with Crippen LogP contribution < -0.4 is 0 Å². The summed E-state index contributed by atoms with van der Waals surface area (Å²) < 4.78 is 17.5. The van der Waals surface area contributed by atoms with Gasteiger partial charge in [-0.2, -0.15) is 0 Å². The van der Waals surface area contributed by atoms with Crippen molar-refractivity contribution in [3.05, 3.63) is 51.6 Å². The number of carbonyl (C=O) groups excluding carboxylic acids is 1. The van der Waals surface area contributed by atoms with E-state index in [1.165, 1.54) is 29.8 Å². The molecule has 0 saturated carbocycles. The third-order valence-electron chi connectivity index (χ3n) is 5.50. The maximum atomic E-state index is 12.6. The quantitative estimate of drug-likeness (QED) is 0.152. The van der Waals surface area contributed by atoms with E-state index in [1.54, 1.807) is 0 Å². The third kappa shape index (κ3) is 8.64. The summed E-state index contributed by atoms with van der Waals surface area (Å²) in [6.07, 6.45) is 5.44. The predicted molar refractivity (Wildman–Crippen MR) is 127 cm³/mol. The van der Waals surface area contributed by atoms with E-state index < -0.39 is 22.8 Å². The molecule has 1 heterocycles. The van der Waals surface area contributed by atoms with Crippen molar-refractivity contribution in [1.29, 1.82) is 0 Å². The number of nitrogens with zero attached hydrogens (tertiary/aromatic N) is 1. The summed E-state index contributed by atoms with van der Waals surface area (Å²) in [5.41, 5.74) is 1.16. The number of nitro groups is 1. The van der Waals surface area contributed by atoms with Gasteiger partial charge in [-0.25, -0.2) is 4.79 Å². The first-order valence-electron chi connectivity index (χ1n) is 11.4. The largest absolute Gasteiger partial charge is 0.446 e. The van der Waals surface area contributed by atoms with E-state index in [9.17, 15) is 14.9 Å². The molecule has 1 aliphatic heterocycles. The molecule has 1 saturated heterocycles. The number of carbonyl (C=O) groups is 1. The van der Waals surface area contributed by atoms with E-state index in [-0.39, 0.29) is 16.7 Å². The fourth-order valence-corrected chi connectivity index (χ4v) is 3.27. The Balaban J connectivity index is 2.11. The van der Waals surface area contributed by atoms with Gasteiger partial charge in [-0.05, 0) is 59.1 Å². The Kier molecular flexibility index (Phi) is 9.63. The number of benzene rings is 1. The Morgan fingerprint density at radius 3 is 2.42 bits per heavy atom. The Labute approximate surface area is 196 Å². The molecule has 0 amide bonds. The van der Waals surface area contributed by atoms with Crippen molar-refractivity contribution in [2.45, 2.75) is 78.6 Å². The number of ether oxygens (including phenoxy) is 3. The minimum Gasteiger partial charge on any atom is -0.446 e. The van der Waals surface area contributed by atoms with Crippen LogP contribution in [0, 0.1) is 27.4 Å². The Bertz CT molecular complexity index is 893. The van der Waals surface area contributed by atoms with Gasteiger partial charge in [-0.15, -0.1) is 0 Å². The van der Waals surface area contributed by atoms with Crippen LogP contribution in [-0.2, 0) is 14.2 Å². The zero-order valence-corrected chi connectivity index (χ0v) is 20.3. The van der Waals surface area contributed by atoms with Crippen LogP contribution in [0.25, 0.3) is 0 Å². The van der Waals surface area contributed by atoms with Crippen molar-refractivity contribution >= 4 is 11.7 Å². The zero-order valence-electron chi connectivity index (χ0n) is 20.3. The molecule has 7 heteroatoms. The molecule has 1 aromatic carbocycles. The zero-order chi connectivity index (χ0) is 24.5. The maximum absolute atomic E-state index is 12.6. The van der Waals surface area contributed by atoms with Crippen molar-refractivity contribution in [1.82, 2.24) is 0 Å². The van der Waals surface area contributed by atoms with Crippen molar-refractivity contribution in [3.63, 3.8) is 0 Å². The Hall–Kier alpha value is -2.69. The lowest BCUT2D eigenvalue weighted by Gasteiger charge is -2.42. The number of nitro benzene ring substituents is 1. The second kappa shape index (κ2) is 12.0. The monoisotopic (exact) mass is 457 g/mol. The molecule has 0 N–H and O–H groups in total. The fourth-order valence-electron chi connectivity index (χ4n) is 3.27. The molecule has 0 aromatic heterocycles. The first-order chi connectivity index (χ1) is 15.6. The summed E-state index contributed by atoms with van der Waals surface area (Å²) in [6, 6.07) is 5.39. The van der Waals surface area contributed by atoms with E-state index in [1.807, 2.05) is 13.8 Å². The normalized spacial score (nSPS) is 17.2. The lowest BCUT2D eigenvalue weighted by atomic mass is 9.81. The van der Waals surface area contributed by atoms with Gasteiger partial charge < -0.3 is 14.2 Å². The molecule has 180 valence electrons. The number of rotatable bonds is 9. The first-order valence-corrected chi connectivity index (χ1v) is 11.4. The van der Waals surface area contributed by atoms with E-state index >= 15 is 0 Å². The van der Waals surface area contributed by atoms with Crippen molar-refractivity contribution in [2.24, 2.45) is 5.41 Å². The van der Waals surface area contributed by atoms with Crippen LogP contribution in [0.2, 0.25) is 0 Å². The minimum absolute atomic E-state index is 0.0735. The summed E-state index contributed by atoms with van der Waals surface area (Å²) in [6.45, 7) is 11.1. The van der Waals surface area contributed by atoms with Crippen LogP contribution in [0.1, 0.15) is 77.1 Å². The molecule has 2 rings (SSSR count). The maximum Gasteiger partial charge on any atom is 0.339 e. The van der Waals surface area contributed by atoms with Gasteiger partial charge in [0.15, 0.2) is 11.9 Å². The lowest BCUT2D eigenvalue weighted by Crippen LogP contribution is -2.46. The molecule has 0 aliphatic carbocycles. The van der Waals surface area contributed by atoms with Gasteiger partial charge in [0.25, 0.3) is 5.69 Å². The average molecular weight is 458 g/mol. The van der Waals surface area contributed by atoms with Crippen LogP contribution in [0.15, 0.2) is 35.9 Å². The standard InChI is InChI=1S/C26H35NO6/c1-6-7-9-23(33-24(28)21-11-13-22(14-12-21)27(29)30)10-8-16-26(17-15-20(2)3)18-31-25(4,5)32-19-26/h11-15,23H,6-7,9,16-19H2,1-5H3. The molecule has 33 heavy (non-hydrogen) atoms. The van der Waals surface area contributed by atoms with Crippen LogP contribution in [-0.4, -0.2) is 36.0 Å². The molecule has 0 bridgehead atoms. The van der Waals surface area contributed by atoms with Crippen molar-refractivity contribution in [2.75, 3.05) is 13.2 Å². The third-order valence-corrected chi connectivity index (χ3v) is 5.50. The van der Waals surface area contributed by atoms with Gasteiger partial charge in [-0.3, -0.25) is 10.1 Å². The summed E-state index contributed by atoms with van der Waals surface area (Å²) >= 11 is 0. The highest BCUT2D eigenvalue weighted by molar-refractivity contribution is 5.89. The Morgan fingerprint density at radius 2 is 1.88 bits per heavy atom. The molecule has 1 atom stereocenters. The molecular formula is C26H35NO6. The van der Waals surface area contributed by atoms with Gasteiger partial charge in [-0.1, -0.05) is 36.8 Å². The highest BCUT2D eigenvalue weighted by Crippen LogP contribution is 2.36. The summed E-state index contributed by atoms with van der Waals surface area (Å²) in [5, 5.41) is 10.8. The predicted octanol–water partition coefficient (Wildman–Crippen LogP) is 5.83. The van der Waals surface area contributed by atoms with Gasteiger partial charge in [0, 0.05) is 24.0 Å². The molecule has 1 unspecified atom stereocenters. The summed E-state index contributed by atoms with van der Waals surface area (Å²) in [7, 11) is 0. The second-order valence-corrected chi connectivity index (χ2v) is 9.30. The van der Waals surface area contributed by atoms with Gasteiger partial charge in [0.2, 0.25) is 0 Å². The minimum atomic E-state index is -0.605. The number of hydrogen-bond donors (Lipinski definition) is 0. The van der Waals surface area contributed by atoms with E-state index in [0.29, 0.717) is 26.1 Å². The molecular weight excluding hydrogens is 422 g/mol. The van der Waals surface area contributed by atoms with Crippen molar-refractivity contribution in [3.8, 4) is 11.8 Å². The van der Waals surface area contributed by atoms with Gasteiger partial charge in [0.05, 0.1) is 23.7 Å². The number of hydrogen-bond acceptors (Lipinski definition) is 6. The molecule has 1 aliphatic rings. The molecule has 0 radical (unpaired) electrons. The van der Waals surface area contributed by atoms with E-state index in [0.717, 1.165) is 19.3 Å². The molecule has 1 fully saturated rings. The van der Waals surface area contributed by atoms with E-state index in [4.69, 9.17) is 14.2 Å². The Morgan fingerprint density at radius 1 is 1.24 bits per heavy atom. The second-order valence-electron chi connectivity index (χ2n) is 9.30. The topological polar surface area (TPSA) is 87.9 Å². The fraction of sp³-hybridized carbons (Fsp3) is 0.577. The van der Waals surface area contributed by atoms with Crippen LogP contribution in [0.5, 0.6) is 0 Å².